The second kappa shape index (κ2) is 7.07. The molecule has 1 rings (SSSR count). The van der Waals surface area contributed by atoms with Gasteiger partial charge >= 0.3 is 0 Å². The van der Waals surface area contributed by atoms with E-state index in [9.17, 15) is 0 Å². The molecule has 0 radical (unpaired) electrons. The van der Waals surface area contributed by atoms with Crippen molar-refractivity contribution in [3.8, 4) is 0 Å². The molecule has 1 aromatic heterocycles. The molecule has 5 nitrogen and oxygen atoms in total. The fourth-order valence-corrected chi connectivity index (χ4v) is 2.40. The number of nitrogen functional groups attached to an aromatic ring is 1. The van der Waals surface area contributed by atoms with Crippen LogP contribution in [0.3, 0.4) is 0 Å². The molecule has 0 aromatic carbocycles. The van der Waals surface area contributed by atoms with E-state index >= 15 is 0 Å². The third-order valence-electron chi connectivity index (χ3n) is 3.00. The molecule has 1 heterocycles. The number of imidazole rings is 1. The van der Waals surface area contributed by atoms with Crippen LogP contribution < -0.4 is 5.73 Å². The van der Waals surface area contributed by atoms with Crippen molar-refractivity contribution in [3.63, 3.8) is 0 Å². The first kappa shape index (κ1) is 16.2. The van der Waals surface area contributed by atoms with Crippen LogP contribution in [0.5, 0.6) is 0 Å². The lowest BCUT2D eigenvalue weighted by Crippen LogP contribution is -2.22. The van der Waals surface area contributed by atoms with Crippen LogP contribution >= 0.6 is 0 Å². The van der Waals surface area contributed by atoms with Gasteiger partial charge in [-0.1, -0.05) is 19.6 Å². The van der Waals surface area contributed by atoms with Crippen molar-refractivity contribution in [2.24, 2.45) is 0 Å². The second-order valence-electron chi connectivity index (χ2n) is 6.44. The average Bonchev–Trinajstić information content (AvgIpc) is 2.62. The molecule has 0 atom stereocenters. The highest BCUT2D eigenvalue weighted by Gasteiger charge is 2.13. The zero-order valence-electron chi connectivity index (χ0n) is 12.9. The molecular weight excluding hydrogens is 256 g/mol. The van der Waals surface area contributed by atoms with E-state index in [2.05, 4.69) is 43.6 Å². The molecule has 0 unspecified atom stereocenters. The summed E-state index contributed by atoms with van der Waals surface area (Å²) < 4.78 is 7.71. The van der Waals surface area contributed by atoms with E-state index in [4.69, 9.17) is 10.5 Å². The maximum atomic E-state index is 5.88. The van der Waals surface area contributed by atoms with Crippen LogP contribution in [0.25, 0.3) is 0 Å². The second-order valence-corrected chi connectivity index (χ2v) is 12.1. The number of likely N-dealkylation sites (N-methyl/N-ethyl adjacent to an activating group) is 1. The average molecular weight is 284 g/mol. The quantitative estimate of drug-likeness (QED) is 0.585. The molecule has 0 saturated heterocycles. The monoisotopic (exact) mass is 284 g/mol. The maximum Gasteiger partial charge on any atom is 0.202 e. The van der Waals surface area contributed by atoms with Gasteiger partial charge in [0.2, 0.25) is 5.95 Å². The summed E-state index contributed by atoms with van der Waals surface area (Å²) in [6.45, 7) is 9.36. The SMILES string of the molecule is CN(C)CCc1cnc(N)n1COCC[Si](C)(C)C. The summed E-state index contributed by atoms with van der Waals surface area (Å²) in [6.07, 6.45) is 2.79. The lowest BCUT2D eigenvalue weighted by Gasteiger charge is -2.17. The van der Waals surface area contributed by atoms with Crippen molar-refractivity contribution < 1.29 is 4.74 Å². The first-order valence-electron chi connectivity index (χ1n) is 6.82. The molecule has 19 heavy (non-hydrogen) atoms. The number of nitrogens with zero attached hydrogens (tertiary/aromatic N) is 3. The molecule has 0 aliphatic carbocycles. The van der Waals surface area contributed by atoms with Gasteiger partial charge in [0.15, 0.2) is 0 Å². The summed E-state index contributed by atoms with van der Waals surface area (Å²) >= 11 is 0. The van der Waals surface area contributed by atoms with Gasteiger partial charge < -0.3 is 15.4 Å². The maximum absolute atomic E-state index is 5.88. The zero-order chi connectivity index (χ0) is 14.5. The van der Waals surface area contributed by atoms with Crippen LogP contribution in [-0.4, -0.2) is 49.8 Å². The summed E-state index contributed by atoms with van der Waals surface area (Å²) in [5.74, 6) is 0.543. The molecule has 2 N–H and O–H groups in total. The Morgan fingerprint density at radius 2 is 2.05 bits per heavy atom. The van der Waals surface area contributed by atoms with Gasteiger partial charge in [-0.15, -0.1) is 0 Å². The Kier molecular flexibility index (Phi) is 6.03. The smallest absolute Gasteiger partial charge is 0.202 e. The minimum absolute atomic E-state index is 0.513. The van der Waals surface area contributed by atoms with Gasteiger partial charge in [0.25, 0.3) is 0 Å². The molecule has 110 valence electrons. The molecule has 0 spiro atoms. The Labute approximate surface area is 117 Å². The summed E-state index contributed by atoms with van der Waals surface area (Å²) in [4.78, 5) is 6.33. The van der Waals surface area contributed by atoms with Gasteiger partial charge in [-0.05, 0) is 20.1 Å². The third kappa shape index (κ3) is 6.22. The Hall–Kier alpha value is -0.853. The predicted octanol–water partition coefficient (Wildman–Crippen LogP) is 1.88. The fourth-order valence-electron chi connectivity index (χ4n) is 1.65. The first-order chi connectivity index (χ1) is 8.79. The van der Waals surface area contributed by atoms with E-state index in [1.54, 1.807) is 0 Å². The molecule has 0 fully saturated rings. The highest BCUT2D eigenvalue weighted by molar-refractivity contribution is 6.76. The summed E-state index contributed by atoms with van der Waals surface area (Å²) in [6, 6.07) is 1.18. The van der Waals surface area contributed by atoms with Crippen molar-refractivity contribution in [1.82, 2.24) is 14.5 Å². The molecular formula is C13H28N4OSi. The molecule has 0 bridgehead atoms. The lowest BCUT2D eigenvalue weighted by atomic mass is 10.3. The molecule has 1 aromatic rings. The van der Waals surface area contributed by atoms with Crippen molar-refractivity contribution in [2.75, 3.05) is 33.0 Å². The van der Waals surface area contributed by atoms with Gasteiger partial charge in [-0.3, -0.25) is 4.57 Å². The van der Waals surface area contributed by atoms with E-state index < -0.39 is 8.07 Å². The van der Waals surface area contributed by atoms with Gasteiger partial charge in [0.1, 0.15) is 6.73 Å². The summed E-state index contributed by atoms with van der Waals surface area (Å²) in [5, 5.41) is 0. The zero-order valence-corrected chi connectivity index (χ0v) is 13.9. The highest BCUT2D eigenvalue weighted by atomic mass is 28.3. The Bertz CT molecular complexity index is 384. The lowest BCUT2D eigenvalue weighted by molar-refractivity contribution is 0.0866. The summed E-state index contributed by atoms with van der Waals surface area (Å²) in [5.41, 5.74) is 7.02. The van der Waals surface area contributed by atoms with E-state index in [-0.39, 0.29) is 0 Å². The van der Waals surface area contributed by atoms with Crippen LogP contribution in [0, 0.1) is 0 Å². The van der Waals surface area contributed by atoms with Crippen LogP contribution in [0.1, 0.15) is 5.69 Å². The molecule has 0 saturated carbocycles. The van der Waals surface area contributed by atoms with Gasteiger partial charge in [0.05, 0.1) is 6.20 Å². The van der Waals surface area contributed by atoms with E-state index in [1.165, 1.54) is 6.04 Å². The molecule has 6 heteroatoms. The van der Waals surface area contributed by atoms with Gasteiger partial charge in [-0.25, -0.2) is 4.98 Å². The largest absolute Gasteiger partial charge is 0.369 e. The normalized spacial score (nSPS) is 12.3. The van der Waals surface area contributed by atoms with Crippen molar-refractivity contribution >= 4 is 14.0 Å². The van der Waals surface area contributed by atoms with Gasteiger partial charge in [0, 0.05) is 33.3 Å². The number of aromatic nitrogens is 2. The van der Waals surface area contributed by atoms with E-state index in [0.29, 0.717) is 12.7 Å². The number of nitrogens with two attached hydrogens (primary N) is 1. The van der Waals surface area contributed by atoms with Crippen molar-refractivity contribution in [1.29, 1.82) is 0 Å². The Morgan fingerprint density at radius 1 is 1.37 bits per heavy atom. The minimum atomic E-state index is -1.02. The predicted molar refractivity (Wildman–Crippen MR) is 83.0 cm³/mol. The van der Waals surface area contributed by atoms with E-state index in [0.717, 1.165) is 25.3 Å². The first-order valence-corrected chi connectivity index (χ1v) is 10.5. The Balaban J connectivity index is 2.46. The third-order valence-corrected chi connectivity index (χ3v) is 4.71. The van der Waals surface area contributed by atoms with Crippen LogP contribution in [0.15, 0.2) is 6.20 Å². The van der Waals surface area contributed by atoms with E-state index in [1.807, 2.05) is 10.8 Å². The van der Waals surface area contributed by atoms with Crippen LogP contribution in [-0.2, 0) is 17.9 Å². The minimum Gasteiger partial charge on any atom is -0.369 e. The number of anilines is 1. The van der Waals surface area contributed by atoms with Crippen LogP contribution in [0.4, 0.5) is 5.95 Å². The standard InChI is InChI=1S/C13H28N4OSi/c1-16(2)7-6-12-10-15-13(14)17(12)11-18-8-9-19(3,4)5/h10H,6-9,11H2,1-5H3,(H2,14,15). The summed E-state index contributed by atoms with van der Waals surface area (Å²) in [7, 11) is 3.10. The van der Waals surface area contributed by atoms with Gasteiger partial charge in [-0.2, -0.15) is 0 Å². The number of ether oxygens (including phenoxy) is 1. The molecule has 0 amide bonds. The van der Waals surface area contributed by atoms with Crippen molar-refractivity contribution in [3.05, 3.63) is 11.9 Å². The molecule has 0 aliphatic heterocycles. The Morgan fingerprint density at radius 3 is 2.63 bits per heavy atom. The molecule has 0 aliphatic rings. The highest BCUT2D eigenvalue weighted by Crippen LogP contribution is 2.11. The fraction of sp³-hybridized carbons (Fsp3) is 0.769. The number of rotatable bonds is 8. The number of hydrogen-bond acceptors (Lipinski definition) is 4. The van der Waals surface area contributed by atoms with Crippen molar-refractivity contribution in [2.45, 2.75) is 38.8 Å². The van der Waals surface area contributed by atoms with Crippen LogP contribution in [0.2, 0.25) is 25.7 Å². The number of hydrogen-bond donors (Lipinski definition) is 1. The topological polar surface area (TPSA) is 56.3 Å².